The van der Waals surface area contributed by atoms with Crippen molar-refractivity contribution in [3.8, 4) is 0 Å². The third-order valence-corrected chi connectivity index (χ3v) is 6.24. The molecule has 6 nitrogen and oxygen atoms in total. The average Bonchev–Trinajstić information content (AvgIpc) is 3.17. The van der Waals surface area contributed by atoms with Crippen LogP contribution in [0.3, 0.4) is 0 Å². The number of nitrogens with one attached hydrogen (secondary N) is 1. The fourth-order valence-electron chi connectivity index (χ4n) is 3.04. The van der Waals surface area contributed by atoms with Gasteiger partial charge in [0.2, 0.25) is 5.91 Å². The molecular weight excluding hydrogens is 430 g/mol. The summed E-state index contributed by atoms with van der Waals surface area (Å²) in [7, 11) is 0. The molecule has 1 aliphatic rings. The highest BCUT2D eigenvalue weighted by Gasteiger charge is 2.49. The molecule has 2 heterocycles. The summed E-state index contributed by atoms with van der Waals surface area (Å²) < 4.78 is 0.994. The molecule has 4 amide bonds. The van der Waals surface area contributed by atoms with Gasteiger partial charge in [-0.15, -0.1) is 11.3 Å². The van der Waals surface area contributed by atoms with Crippen LogP contribution in [0.5, 0.6) is 0 Å². The van der Waals surface area contributed by atoms with Crippen molar-refractivity contribution >= 4 is 45.1 Å². The van der Waals surface area contributed by atoms with Gasteiger partial charge in [-0.25, -0.2) is 4.79 Å². The van der Waals surface area contributed by atoms with E-state index in [0.29, 0.717) is 18.7 Å². The molecule has 0 bridgehead atoms. The van der Waals surface area contributed by atoms with Crippen LogP contribution in [-0.2, 0) is 21.7 Å². The van der Waals surface area contributed by atoms with E-state index in [0.717, 1.165) is 13.6 Å². The van der Waals surface area contributed by atoms with Crippen molar-refractivity contribution < 1.29 is 14.4 Å². The minimum atomic E-state index is -1.16. The van der Waals surface area contributed by atoms with E-state index < -0.39 is 17.5 Å². The molecule has 1 saturated heterocycles. The maximum Gasteiger partial charge on any atom is 0.325 e. The lowest BCUT2D eigenvalue weighted by molar-refractivity contribution is -0.139. The first-order valence-electron chi connectivity index (χ1n) is 8.56. The molecule has 27 heavy (non-hydrogen) atoms. The second kappa shape index (κ2) is 7.82. The second-order valence-corrected chi connectivity index (χ2v) is 8.97. The molecule has 2 aromatic rings. The van der Waals surface area contributed by atoms with Crippen molar-refractivity contribution in [3.63, 3.8) is 0 Å². The Bertz CT molecular complexity index is 870. The van der Waals surface area contributed by atoms with Crippen LogP contribution in [0.1, 0.15) is 24.3 Å². The maximum atomic E-state index is 12.9. The highest BCUT2D eigenvalue weighted by Crippen LogP contribution is 2.29. The summed E-state index contributed by atoms with van der Waals surface area (Å²) in [4.78, 5) is 41.7. The number of amides is 4. The first kappa shape index (κ1) is 19.6. The quantitative estimate of drug-likeness (QED) is 0.687. The second-order valence-electron chi connectivity index (χ2n) is 6.43. The lowest BCUT2D eigenvalue weighted by Gasteiger charge is -2.24. The molecule has 1 N–H and O–H groups in total. The lowest BCUT2D eigenvalue weighted by Crippen LogP contribution is -2.44. The van der Waals surface area contributed by atoms with Crippen LogP contribution in [0, 0.1) is 0 Å². The van der Waals surface area contributed by atoms with Crippen LogP contribution < -0.4 is 5.32 Å². The van der Waals surface area contributed by atoms with Crippen LogP contribution in [0.2, 0.25) is 0 Å². The normalized spacial score (nSPS) is 19.3. The zero-order valence-electron chi connectivity index (χ0n) is 15.1. The van der Waals surface area contributed by atoms with Crippen LogP contribution in [0.25, 0.3) is 0 Å². The fraction of sp³-hybridized carbons (Fsp3) is 0.316. The highest BCUT2D eigenvalue weighted by atomic mass is 79.9. The number of benzene rings is 1. The summed E-state index contributed by atoms with van der Waals surface area (Å²) in [6, 6.07) is 12.4. The van der Waals surface area contributed by atoms with Gasteiger partial charge in [0.1, 0.15) is 12.1 Å². The predicted octanol–water partition coefficient (Wildman–Crippen LogP) is 3.33. The fourth-order valence-corrected chi connectivity index (χ4v) is 4.54. The number of rotatable bonds is 6. The third-order valence-electron chi connectivity index (χ3n) is 4.63. The van der Waals surface area contributed by atoms with Crippen molar-refractivity contribution in [2.45, 2.75) is 25.9 Å². The van der Waals surface area contributed by atoms with E-state index in [2.05, 4.69) is 21.2 Å². The van der Waals surface area contributed by atoms with Gasteiger partial charge >= 0.3 is 6.03 Å². The number of imide groups is 1. The van der Waals surface area contributed by atoms with Gasteiger partial charge in [0.05, 0.1) is 10.3 Å². The first-order chi connectivity index (χ1) is 12.8. The van der Waals surface area contributed by atoms with Crippen LogP contribution >= 0.6 is 27.3 Å². The van der Waals surface area contributed by atoms with Crippen LogP contribution in [0.15, 0.2) is 46.3 Å². The number of carbonyl (C=O) groups is 3. The summed E-state index contributed by atoms with van der Waals surface area (Å²) >= 11 is 4.96. The Hall–Kier alpha value is -2.19. The summed E-state index contributed by atoms with van der Waals surface area (Å²) in [5.74, 6) is -0.676. The maximum absolute atomic E-state index is 12.9. The van der Waals surface area contributed by atoms with Crippen molar-refractivity contribution in [2.24, 2.45) is 0 Å². The summed E-state index contributed by atoms with van der Waals surface area (Å²) in [5, 5.41) is 2.72. The Balaban J connectivity index is 1.73. The van der Waals surface area contributed by atoms with Crippen molar-refractivity contribution in [1.82, 2.24) is 15.1 Å². The SMILES string of the molecule is CCN(Cc1ccc(Br)s1)C(=O)CN1C(=O)N[C@](C)(c2ccccc2)C1=O. The zero-order valence-corrected chi connectivity index (χ0v) is 17.5. The number of urea groups is 1. The molecule has 0 saturated carbocycles. The molecule has 142 valence electrons. The average molecular weight is 450 g/mol. The lowest BCUT2D eigenvalue weighted by atomic mass is 9.92. The number of hydrogen-bond donors (Lipinski definition) is 1. The van der Waals surface area contributed by atoms with E-state index in [1.165, 1.54) is 0 Å². The zero-order chi connectivity index (χ0) is 19.6. The van der Waals surface area contributed by atoms with Gasteiger partial charge in [0.25, 0.3) is 5.91 Å². The monoisotopic (exact) mass is 449 g/mol. The molecule has 0 aliphatic carbocycles. The Kier molecular flexibility index (Phi) is 5.67. The number of thiophene rings is 1. The largest absolute Gasteiger partial charge is 0.336 e. The molecule has 1 aromatic heterocycles. The van der Waals surface area contributed by atoms with Gasteiger partial charge in [-0.05, 0) is 47.5 Å². The minimum absolute atomic E-state index is 0.261. The van der Waals surface area contributed by atoms with Crippen LogP contribution in [0.4, 0.5) is 4.79 Å². The Morgan fingerprint density at radius 1 is 1.22 bits per heavy atom. The first-order valence-corrected chi connectivity index (χ1v) is 10.2. The van der Waals surface area contributed by atoms with E-state index in [-0.39, 0.29) is 12.5 Å². The number of hydrogen-bond acceptors (Lipinski definition) is 4. The van der Waals surface area contributed by atoms with Gasteiger partial charge in [-0.1, -0.05) is 30.3 Å². The van der Waals surface area contributed by atoms with Gasteiger partial charge in [0.15, 0.2) is 0 Å². The molecule has 0 spiro atoms. The number of halogens is 1. The predicted molar refractivity (Wildman–Crippen MR) is 107 cm³/mol. The van der Waals surface area contributed by atoms with Gasteiger partial charge < -0.3 is 10.2 Å². The molecule has 1 atom stereocenters. The van der Waals surface area contributed by atoms with Gasteiger partial charge in [-0.3, -0.25) is 14.5 Å². The highest BCUT2D eigenvalue weighted by molar-refractivity contribution is 9.11. The summed E-state index contributed by atoms with van der Waals surface area (Å²) in [6.45, 7) is 4.21. The Morgan fingerprint density at radius 2 is 1.93 bits per heavy atom. The van der Waals surface area contributed by atoms with Crippen molar-refractivity contribution in [3.05, 3.63) is 56.7 Å². The molecular formula is C19H20BrN3O3S. The van der Waals surface area contributed by atoms with E-state index in [9.17, 15) is 14.4 Å². The molecule has 1 fully saturated rings. The molecule has 3 rings (SSSR count). The number of carbonyl (C=O) groups excluding carboxylic acids is 3. The summed E-state index contributed by atoms with van der Waals surface area (Å²) in [5.41, 5.74) is -0.469. The molecule has 1 aromatic carbocycles. The van der Waals surface area contributed by atoms with Crippen LogP contribution in [-0.4, -0.2) is 40.7 Å². The van der Waals surface area contributed by atoms with Crippen molar-refractivity contribution in [2.75, 3.05) is 13.1 Å². The minimum Gasteiger partial charge on any atom is -0.336 e. The van der Waals surface area contributed by atoms with E-state index in [1.807, 2.05) is 37.3 Å². The molecule has 0 radical (unpaired) electrons. The molecule has 8 heteroatoms. The van der Waals surface area contributed by atoms with E-state index >= 15 is 0 Å². The molecule has 0 unspecified atom stereocenters. The Labute approximate surface area is 170 Å². The van der Waals surface area contributed by atoms with Gasteiger partial charge in [-0.2, -0.15) is 0 Å². The van der Waals surface area contributed by atoms with E-state index in [1.54, 1.807) is 35.3 Å². The van der Waals surface area contributed by atoms with E-state index in [4.69, 9.17) is 0 Å². The van der Waals surface area contributed by atoms with Crippen molar-refractivity contribution in [1.29, 1.82) is 0 Å². The standard InChI is InChI=1S/C19H20BrN3O3S/c1-3-22(11-14-9-10-15(20)27-14)16(24)12-23-17(25)19(2,21-18(23)26)13-7-5-4-6-8-13/h4-10H,3,11-12H2,1-2H3,(H,21,26)/t19-/m1/s1. The number of nitrogens with zero attached hydrogens (tertiary/aromatic N) is 2. The third kappa shape index (κ3) is 3.91. The topological polar surface area (TPSA) is 69.7 Å². The number of likely N-dealkylation sites (N-methyl/N-ethyl adjacent to an activating group) is 1. The summed E-state index contributed by atoms with van der Waals surface area (Å²) in [6.07, 6.45) is 0. The van der Waals surface area contributed by atoms with Gasteiger partial charge in [0, 0.05) is 11.4 Å². The Morgan fingerprint density at radius 3 is 2.52 bits per heavy atom. The smallest absolute Gasteiger partial charge is 0.325 e. The molecule has 1 aliphatic heterocycles.